The zero-order valence-corrected chi connectivity index (χ0v) is 11.8. The lowest BCUT2D eigenvalue weighted by Gasteiger charge is -2.06. The van der Waals surface area contributed by atoms with E-state index in [2.05, 4.69) is 23.1 Å². The summed E-state index contributed by atoms with van der Waals surface area (Å²) in [5, 5.41) is 10.8. The van der Waals surface area contributed by atoms with Gasteiger partial charge in [-0.25, -0.2) is 4.98 Å². The molecule has 0 bridgehead atoms. The Morgan fingerprint density at radius 1 is 1.25 bits per heavy atom. The average Bonchev–Trinajstić information content (AvgIpc) is 2.76. The lowest BCUT2D eigenvalue weighted by atomic mass is 10.0. The van der Waals surface area contributed by atoms with Crippen LogP contribution in [0.2, 0.25) is 0 Å². The van der Waals surface area contributed by atoms with Crippen LogP contribution in [0.4, 0.5) is 0 Å². The summed E-state index contributed by atoms with van der Waals surface area (Å²) in [4.78, 5) is 8.68. The van der Waals surface area contributed by atoms with Gasteiger partial charge in [0.25, 0.3) is 0 Å². The van der Waals surface area contributed by atoms with E-state index in [4.69, 9.17) is 0 Å². The third kappa shape index (κ3) is 1.98. The lowest BCUT2D eigenvalue weighted by molar-refractivity contribution is 0.199. The molecule has 0 aromatic carbocycles. The van der Waals surface area contributed by atoms with Crippen molar-refractivity contribution < 1.29 is 5.11 Å². The summed E-state index contributed by atoms with van der Waals surface area (Å²) in [6, 6.07) is 4.01. The van der Waals surface area contributed by atoms with E-state index < -0.39 is 6.10 Å². The number of nitrogens with zero attached hydrogens (tertiary/aromatic N) is 3. The topological polar surface area (TPSA) is 50.9 Å². The zero-order chi connectivity index (χ0) is 14.3. The van der Waals surface area contributed by atoms with Crippen LogP contribution in [0, 0.1) is 6.92 Å². The molecule has 0 amide bonds. The molecule has 20 heavy (non-hydrogen) atoms. The van der Waals surface area contributed by atoms with Gasteiger partial charge >= 0.3 is 0 Å². The minimum Gasteiger partial charge on any atom is -0.389 e. The van der Waals surface area contributed by atoms with E-state index in [0.29, 0.717) is 0 Å². The van der Waals surface area contributed by atoms with Crippen molar-refractivity contribution in [2.45, 2.75) is 20.0 Å². The first-order valence-corrected chi connectivity index (χ1v) is 6.62. The number of aryl methyl sites for hydroxylation is 2. The number of aliphatic hydroxyl groups excluding tert-OH is 1. The number of hydrogen-bond acceptors (Lipinski definition) is 3. The molecule has 3 rings (SSSR count). The van der Waals surface area contributed by atoms with Gasteiger partial charge < -0.3 is 9.67 Å². The van der Waals surface area contributed by atoms with E-state index >= 15 is 0 Å². The Labute approximate surface area is 117 Å². The van der Waals surface area contributed by atoms with E-state index in [1.54, 1.807) is 19.3 Å². The molecule has 102 valence electrons. The number of rotatable bonds is 2. The Kier molecular flexibility index (Phi) is 3.03. The van der Waals surface area contributed by atoms with E-state index in [1.165, 1.54) is 5.56 Å². The van der Waals surface area contributed by atoms with Gasteiger partial charge in [0.2, 0.25) is 0 Å². The Hall–Kier alpha value is -2.20. The SMILES string of the molecule is Cc1ccncc1-c1cn(C)c2ncc(C(C)O)cc12. The number of fused-ring (bicyclic) bond motifs is 1. The second kappa shape index (κ2) is 4.72. The molecule has 4 nitrogen and oxygen atoms in total. The molecule has 0 aliphatic heterocycles. The van der Waals surface area contributed by atoms with Gasteiger partial charge in [0.15, 0.2) is 0 Å². The van der Waals surface area contributed by atoms with E-state index in [-0.39, 0.29) is 0 Å². The molecule has 0 fully saturated rings. The van der Waals surface area contributed by atoms with Crippen molar-refractivity contribution in [1.29, 1.82) is 0 Å². The van der Waals surface area contributed by atoms with Crippen molar-refractivity contribution in [2.75, 3.05) is 0 Å². The molecule has 1 atom stereocenters. The van der Waals surface area contributed by atoms with Crippen molar-refractivity contribution >= 4 is 11.0 Å². The highest BCUT2D eigenvalue weighted by molar-refractivity contribution is 5.95. The molecule has 3 heterocycles. The van der Waals surface area contributed by atoms with Crippen LogP contribution in [0.15, 0.2) is 36.9 Å². The molecule has 0 spiro atoms. The summed E-state index contributed by atoms with van der Waals surface area (Å²) in [5.74, 6) is 0. The highest BCUT2D eigenvalue weighted by Crippen LogP contribution is 2.32. The fourth-order valence-corrected chi connectivity index (χ4v) is 2.47. The summed E-state index contributed by atoms with van der Waals surface area (Å²) in [5.41, 5.74) is 5.11. The maximum Gasteiger partial charge on any atom is 0.140 e. The first kappa shape index (κ1) is 12.8. The van der Waals surface area contributed by atoms with Crippen LogP contribution in [0.25, 0.3) is 22.2 Å². The van der Waals surface area contributed by atoms with Gasteiger partial charge in [-0.15, -0.1) is 0 Å². The first-order valence-electron chi connectivity index (χ1n) is 6.62. The zero-order valence-electron chi connectivity index (χ0n) is 11.8. The van der Waals surface area contributed by atoms with Crippen LogP contribution in [-0.4, -0.2) is 19.6 Å². The lowest BCUT2D eigenvalue weighted by Crippen LogP contribution is -1.94. The van der Waals surface area contributed by atoms with Gasteiger partial charge in [0.05, 0.1) is 6.10 Å². The summed E-state index contributed by atoms with van der Waals surface area (Å²) >= 11 is 0. The molecular formula is C16H17N3O. The standard InChI is InChI=1S/C16H17N3O/c1-10-4-5-17-8-14(10)15-9-19(3)16-13(15)6-12(7-18-16)11(2)20/h4-9,11,20H,1-3H3. The predicted molar refractivity (Wildman–Crippen MR) is 79.3 cm³/mol. The predicted octanol–water partition coefficient (Wildman–Crippen LogP) is 3.00. The minimum atomic E-state index is -0.519. The Balaban J connectivity index is 2.31. The maximum atomic E-state index is 9.75. The second-order valence-corrected chi connectivity index (χ2v) is 5.16. The van der Waals surface area contributed by atoms with Crippen LogP contribution < -0.4 is 0 Å². The molecule has 0 radical (unpaired) electrons. The Bertz CT molecular complexity index is 774. The van der Waals surface area contributed by atoms with Gasteiger partial charge in [-0.2, -0.15) is 0 Å². The summed E-state index contributed by atoms with van der Waals surface area (Å²) < 4.78 is 2.00. The van der Waals surface area contributed by atoms with Gasteiger partial charge in [0.1, 0.15) is 5.65 Å². The molecule has 0 saturated carbocycles. The van der Waals surface area contributed by atoms with E-state index in [0.717, 1.165) is 27.7 Å². The van der Waals surface area contributed by atoms with Gasteiger partial charge in [0, 0.05) is 48.3 Å². The van der Waals surface area contributed by atoms with Gasteiger partial charge in [-0.1, -0.05) is 0 Å². The number of pyridine rings is 2. The van der Waals surface area contributed by atoms with E-state index in [1.807, 2.05) is 29.9 Å². The van der Waals surface area contributed by atoms with E-state index in [9.17, 15) is 5.11 Å². The largest absolute Gasteiger partial charge is 0.389 e. The minimum absolute atomic E-state index is 0.519. The molecule has 0 aliphatic carbocycles. The van der Waals surface area contributed by atoms with Crippen LogP contribution in [0.1, 0.15) is 24.2 Å². The van der Waals surface area contributed by atoms with Crippen LogP contribution in [0.5, 0.6) is 0 Å². The van der Waals surface area contributed by atoms with Crippen LogP contribution in [0.3, 0.4) is 0 Å². The summed E-state index contributed by atoms with van der Waals surface area (Å²) in [7, 11) is 1.98. The number of aliphatic hydroxyl groups is 1. The third-order valence-electron chi connectivity index (χ3n) is 3.65. The second-order valence-electron chi connectivity index (χ2n) is 5.16. The third-order valence-corrected chi connectivity index (χ3v) is 3.65. The Morgan fingerprint density at radius 3 is 2.75 bits per heavy atom. The first-order chi connectivity index (χ1) is 9.58. The molecular weight excluding hydrogens is 250 g/mol. The Morgan fingerprint density at radius 2 is 2.05 bits per heavy atom. The fraction of sp³-hybridized carbons (Fsp3) is 0.250. The monoisotopic (exact) mass is 267 g/mol. The highest BCUT2D eigenvalue weighted by Gasteiger charge is 2.13. The quantitative estimate of drug-likeness (QED) is 0.776. The molecule has 1 unspecified atom stereocenters. The average molecular weight is 267 g/mol. The highest BCUT2D eigenvalue weighted by atomic mass is 16.3. The number of aromatic nitrogens is 3. The fourth-order valence-electron chi connectivity index (χ4n) is 2.47. The molecule has 4 heteroatoms. The molecule has 0 aliphatic rings. The van der Waals surface area contributed by atoms with Crippen molar-refractivity contribution in [3.05, 3.63) is 48.0 Å². The smallest absolute Gasteiger partial charge is 0.140 e. The van der Waals surface area contributed by atoms with Gasteiger partial charge in [-0.05, 0) is 37.1 Å². The molecule has 3 aromatic rings. The summed E-state index contributed by atoms with van der Waals surface area (Å²) in [6.07, 6.45) is 6.94. The maximum absolute atomic E-state index is 9.75. The van der Waals surface area contributed by atoms with Crippen LogP contribution >= 0.6 is 0 Å². The van der Waals surface area contributed by atoms with Crippen LogP contribution in [-0.2, 0) is 7.05 Å². The van der Waals surface area contributed by atoms with Crippen molar-refractivity contribution in [3.8, 4) is 11.1 Å². The molecule has 1 N–H and O–H groups in total. The van der Waals surface area contributed by atoms with Crippen molar-refractivity contribution in [3.63, 3.8) is 0 Å². The molecule has 0 saturated heterocycles. The molecule has 3 aromatic heterocycles. The van der Waals surface area contributed by atoms with Crippen molar-refractivity contribution in [2.24, 2.45) is 7.05 Å². The van der Waals surface area contributed by atoms with Crippen molar-refractivity contribution in [1.82, 2.24) is 14.5 Å². The summed E-state index contributed by atoms with van der Waals surface area (Å²) in [6.45, 7) is 3.82. The number of hydrogen-bond donors (Lipinski definition) is 1. The van der Waals surface area contributed by atoms with Gasteiger partial charge in [-0.3, -0.25) is 4.98 Å². The normalized spacial score (nSPS) is 12.8.